The van der Waals surface area contributed by atoms with Crippen molar-refractivity contribution in [3.63, 3.8) is 0 Å². The topological polar surface area (TPSA) is 60.2 Å². The number of anilines is 1. The van der Waals surface area contributed by atoms with Crippen molar-refractivity contribution >= 4 is 21.7 Å². The normalized spacial score (nSPS) is 9.83. The van der Waals surface area contributed by atoms with Gasteiger partial charge < -0.3 is 10.2 Å². The van der Waals surface area contributed by atoms with E-state index in [1.807, 2.05) is 12.1 Å². The first-order valence-electron chi connectivity index (χ1n) is 3.50. The van der Waals surface area contributed by atoms with Gasteiger partial charge in [0.2, 0.25) is 0 Å². The molecule has 0 saturated carbocycles. The van der Waals surface area contributed by atoms with Gasteiger partial charge in [-0.05, 0) is 28.1 Å². The summed E-state index contributed by atoms with van der Waals surface area (Å²) in [5.41, 5.74) is 0. The van der Waals surface area contributed by atoms with Gasteiger partial charge in [0.25, 0.3) is 0 Å². The molecule has 0 aliphatic rings. The van der Waals surface area contributed by atoms with Crippen LogP contribution in [0, 0.1) is 0 Å². The second-order valence-electron chi connectivity index (χ2n) is 2.16. The first-order valence-corrected chi connectivity index (χ1v) is 4.29. The van der Waals surface area contributed by atoms with E-state index in [1.165, 1.54) is 0 Å². The van der Waals surface area contributed by atoms with E-state index in [2.05, 4.69) is 31.1 Å². The third-order valence-corrected chi connectivity index (χ3v) is 1.72. The highest BCUT2D eigenvalue weighted by molar-refractivity contribution is 9.10. The Morgan fingerprint density at radius 3 is 3.00 bits per heavy atom. The molecule has 3 N–H and O–H groups in total. The minimum Gasteiger partial charge on any atom is -0.368 e. The van der Waals surface area contributed by atoms with Crippen LogP contribution in [-0.4, -0.2) is 18.1 Å². The average Bonchev–Trinajstić information content (AvgIpc) is 2.09. The van der Waals surface area contributed by atoms with E-state index in [0.29, 0.717) is 13.2 Å². The highest BCUT2D eigenvalue weighted by Crippen LogP contribution is 2.09. The van der Waals surface area contributed by atoms with E-state index in [9.17, 15) is 0 Å². The van der Waals surface area contributed by atoms with Crippen molar-refractivity contribution < 1.29 is 4.84 Å². The van der Waals surface area contributed by atoms with Crippen LogP contribution in [-0.2, 0) is 4.84 Å². The fraction of sp³-hybridized carbons (Fsp3) is 0.286. The average molecular weight is 232 g/mol. The third kappa shape index (κ3) is 3.17. The van der Waals surface area contributed by atoms with Gasteiger partial charge in [0.05, 0.1) is 6.61 Å². The van der Waals surface area contributed by atoms with Crippen LogP contribution in [0.25, 0.3) is 0 Å². The molecule has 0 spiro atoms. The molecule has 66 valence electrons. The highest BCUT2D eigenvalue weighted by atomic mass is 79.9. The Labute approximate surface area is 79.2 Å². The van der Waals surface area contributed by atoms with Gasteiger partial charge in [-0.2, -0.15) is 0 Å². The van der Waals surface area contributed by atoms with E-state index in [1.54, 1.807) is 6.20 Å². The minimum absolute atomic E-state index is 0.470. The number of nitrogens with zero attached hydrogens (tertiary/aromatic N) is 1. The zero-order chi connectivity index (χ0) is 8.81. The van der Waals surface area contributed by atoms with Gasteiger partial charge in [0, 0.05) is 17.2 Å². The van der Waals surface area contributed by atoms with Crippen molar-refractivity contribution in [1.82, 2.24) is 4.98 Å². The zero-order valence-electron chi connectivity index (χ0n) is 6.46. The predicted molar refractivity (Wildman–Crippen MR) is 50.6 cm³/mol. The van der Waals surface area contributed by atoms with E-state index >= 15 is 0 Å². The van der Waals surface area contributed by atoms with Crippen LogP contribution < -0.4 is 11.2 Å². The van der Waals surface area contributed by atoms with Crippen LogP contribution in [0.15, 0.2) is 22.8 Å². The molecule has 0 saturated heterocycles. The van der Waals surface area contributed by atoms with Crippen molar-refractivity contribution in [2.45, 2.75) is 0 Å². The van der Waals surface area contributed by atoms with E-state index in [4.69, 9.17) is 5.90 Å². The molecule has 0 atom stereocenters. The Kier molecular flexibility index (Phi) is 3.99. The van der Waals surface area contributed by atoms with Crippen LogP contribution in [0.3, 0.4) is 0 Å². The fourth-order valence-corrected chi connectivity index (χ4v) is 0.953. The number of halogens is 1. The van der Waals surface area contributed by atoms with Crippen molar-refractivity contribution in [2.75, 3.05) is 18.5 Å². The summed E-state index contributed by atoms with van der Waals surface area (Å²) < 4.78 is 0.961. The maximum atomic E-state index is 4.85. The van der Waals surface area contributed by atoms with Gasteiger partial charge in [0.15, 0.2) is 0 Å². The summed E-state index contributed by atoms with van der Waals surface area (Å²) in [5.74, 6) is 5.66. The van der Waals surface area contributed by atoms with Crippen LogP contribution in [0.4, 0.5) is 5.82 Å². The molecule has 0 amide bonds. The Hall–Kier alpha value is -0.650. The minimum atomic E-state index is 0.470. The van der Waals surface area contributed by atoms with E-state index in [0.717, 1.165) is 10.3 Å². The molecule has 1 aromatic rings. The third-order valence-electron chi connectivity index (χ3n) is 1.25. The number of nitrogens with one attached hydrogen (secondary N) is 1. The Bertz CT molecular complexity index is 227. The number of nitrogens with two attached hydrogens (primary N) is 1. The molecule has 1 aromatic heterocycles. The SMILES string of the molecule is NOCCNc1ccc(Br)cn1. The Balaban J connectivity index is 2.37. The lowest BCUT2D eigenvalue weighted by Crippen LogP contribution is -2.12. The second-order valence-corrected chi connectivity index (χ2v) is 3.07. The summed E-state index contributed by atoms with van der Waals surface area (Å²) in [6, 6.07) is 3.79. The van der Waals surface area contributed by atoms with Crippen LogP contribution in [0.1, 0.15) is 0 Å². The van der Waals surface area contributed by atoms with Gasteiger partial charge in [-0.15, -0.1) is 0 Å². The summed E-state index contributed by atoms with van der Waals surface area (Å²) >= 11 is 3.29. The van der Waals surface area contributed by atoms with Crippen molar-refractivity contribution in [2.24, 2.45) is 5.90 Å². The zero-order valence-corrected chi connectivity index (χ0v) is 8.04. The standard InChI is InChI=1S/C7H10BrN3O/c8-6-1-2-7(11-5-6)10-3-4-12-9/h1-2,5H,3-4,9H2,(H,10,11). The Morgan fingerprint density at radius 1 is 1.58 bits per heavy atom. The van der Waals surface area contributed by atoms with Crippen LogP contribution >= 0.6 is 15.9 Å². The molecule has 0 radical (unpaired) electrons. The number of pyridine rings is 1. The second kappa shape index (κ2) is 5.08. The molecule has 0 unspecified atom stereocenters. The molecular weight excluding hydrogens is 222 g/mol. The van der Waals surface area contributed by atoms with Gasteiger partial charge in [0.1, 0.15) is 5.82 Å². The van der Waals surface area contributed by atoms with Crippen molar-refractivity contribution in [3.8, 4) is 0 Å². The highest BCUT2D eigenvalue weighted by Gasteiger charge is 1.91. The van der Waals surface area contributed by atoms with Crippen LogP contribution in [0.5, 0.6) is 0 Å². The molecule has 0 bridgehead atoms. The quantitative estimate of drug-likeness (QED) is 0.603. The van der Waals surface area contributed by atoms with Gasteiger partial charge >= 0.3 is 0 Å². The number of hydrogen-bond acceptors (Lipinski definition) is 4. The monoisotopic (exact) mass is 231 g/mol. The Morgan fingerprint density at radius 2 is 2.42 bits per heavy atom. The smallest absolute Gasteiger partial charge is 0.126 e. The lowest BCUT2D eigenvalue weighted by atomic mass is 10.4. The molecule has 0 aliphatic carbocycles. The first-order chi connectivity index (χ1) is 5.83. The summed E-state index contributed by atoms with van der Waals surface area (Å²) in [6.07, 6.45) is 1.73. The largest absolute Gasteiger partial charge is 0.368 e. The van der Waals surface area contributed by atoms with Crippen molar-refractivity contribution in [1.29, 1.82) is 0 Å². The summed E-state index contributed by atoms with van der Waals surface area (Å²) in [7, 11) is 0. The van der Waals surface area contributed by atoms with Gasteiger partial charge in [-0.25, -0.2) is 10.9 Å². The van der Waals surface area contributed by atoms with Gasteiger partial charge in [-0.1, -0.05) is 0 Å². The van der Waals surface area contributed by atoms with Crippen molar-refractivity contribution in [3.05, 3.63) is 22.8 Å². The molecule has 12 heavy (non-hydrogen) atoms. The fourth-order valence-electron chi connectivity index (χ4n) is 0.718. The molecule has 1 rings (SSSR count). The summed E-state index contributed by atoms with van der Waals surface area (Å²) in [4.78, 5) is 8.48. The molecule has 4 nitrogen and oxygen atoms in total. The van der Waals surface area contributed by atoms with Gasteiger partial charge in [-0.3, -0.25) is 0 Å². The van der Waals surface area contributed by atoms with Crippen LogP contribution in [0.2, 0.25) is 0 Å². The maximum absolute atomic E-state index is 4.85. The lowest BCUT2D eigenvalue weighted by molar-refractivity contribution is 0.148. The summed E-state index contributed by atoms with van der Waals surface area (Å²) in [6.45, 7) is 1.13. The molecule has 0 aromatic carbocycles. The lowest BCUT2D eigenvalue weighted by Gasteiger charge is -2.03. The number of rotatable bonds is 4. The molecule has 0 aliphatic heterocycles. The summed E-state index contributed by atoms with van der Waals surface area (Å²) in [5, 5.41) is 3.04. The predicted octanol–water partition coefficient (Wildman–Crippen LogP) is 1.15. The first kappa shape index (κ1) is 9.44. The maximum Gasteiger partial charge on any atom is 0.126 e. The molecule has 1 heterocycles. The number of aromatic nitrogens is 1. The molecule has 0 fully saturated rings. The van der Waals surface area contributed by atoms with E-state index < -0.39 is 0 Å². The van der Waals surface area contributed by atoms with E-state index in [-0.39, 0.29) is 0 Å². The molecule has 5 heteroatoms. The number of hydrogen-bond donors (Lipinski definition) is 2. The molecular formula is C7H10BrN3O.